The van der Waals surface area contributed by atoms with Crippen LogP contribution in [0, 0.1) is 0 Å². The van der Waals surface area contributed by atoms with E-state index in [4.69, 9.17) is 11.6 Å². The third kappa shape index (κ3) is 2.42. The summed E-state index contributed by atoms with van der Waals surface area (Å²) in [5.41, 5.74) is 1.10. The van der Waals surface area contributed by atoms with E-state index in [0.717, 1.165) is 15.7 Å². The Hall–Kier alpha value is -0.120. The van der Waals surface area contributed by atoms with Crippen molar-refractivity contribution in [3.8, 4) is 0 Å². The zero-order valence-electron chi connectivity index (χ0n) is 6.87. The van der Waals surface area contributed by atoms with Gasteiger partial charge in [-0.15, -0.1) is 0 Å². The van der Waals surface area contributed by atoms with Gasteiger partial charge in [-0.1, -0.05) is 53.3 Å². The highest BCUT2D eigenvalue weighted by Crippen LogP contribution is 2.33. The van der Waals surface area contributed by atoms with Gasteiger partial charge in [-0.2, -0.15) is 0 Å². The van der Waals surface area contributed by atoms with Gasteiger partial charge in [0, 0.05) is 5.02 Å². The van der Waals surface area contributed by atoms with E-state index < -0.39 is 0 Å². The van der Waals surface area contributed by atoms with Gasteiger partial charge >= 0.3 is 0 Å². The molecule has 1 fully saturated rings. The normalized spacial score (nSPS) is 15.3. The smallest absolute Gasteiger partial charge is 0.126 e. The van der Waals surface area contributed by atoms with Crippen molar-refractivity contribution in [1.82, 2.24) is 0 Å². The van der Waals surface area contributed by atoms with E-state index >= 15 is 0 Å². The average molecular weight is 230 g/mol. The summed E-state index contributed by atoms with van der Waals surface area (Å²) in [6.45, 7) is 0.703. The van der Waals surface area contributed by atoms with Crippen molar-refractivity contribution < 1.29 is 0 Å². The minimum absolute atomic E-state index is 0.703. The molecule has 1 nitrogen and oxygen atoms in total. The van der Waals surface area contributed by atoms with E-state index in [0.29, 0.717) is 6.54 Å². The van der Waals surface area contributed by atoms with Crippen LogP contribution in [0.3, 0.4) is 0 Å². The first-order valence-electron chi connectivity index (χ1n) is 3.90. The van der Waals surface area contributed by atoms with Crippen LogP contribution in [0.25, 0.3) is 0 Å². The Morgan fingerprint density at radius 3 is 2.69 bits per heavy atom. The molecule has 0 radical (unpaired) electrons. The molecule has 0 spiro atoms. The number of aliphatic imine (C=N–C) groups is 1. The fraction of sp³-hybridized carbons (Fsp3) is 0.222. The van der Waals surface area contributed by atoms with Crippen molar-refractivity contribution >= 4 is 39.5 Å². The van der Waals surface area contributed by atoms with E-state index in [1.165, 1.54) is 4.38 Å². The highest BCUT2D eigenvalue weighted by molar-refractivity contribution is 8.52. The summed E-state index contributed by atoms with van der Waals surface area (Å²) in [4.78, 5) is 4.42. The molecule has 0 aliphatic carbocycles. The molecule has 0 N–H and O–H groups in total. The summed E-state index contributed by atoms with van der Waals surface area (Å²) in [7, 11) is 0. The van der Waals surface area contributed by atoms with Crippen LogP contribution in [0.15, 0.2) is 29.3 Å². The molecule has 1 saturated heterocycles. The van der Waals surface area contributed by atoms with Gasteiger partial charge in [0.1, 0.15) is 4.38 Å². The van der Waals surface area contributed by atoms with Crippen LogP contribution in [0.2, 0.25) is 5.02 Å². The SMILES string of the molecule is Clc1ccccc1CN=C1SCS1. The van der Waals surface area contributed by atoms with Gasteiger partial charge in [-0.3, -0.25) is 4.99 Å². The maximum Gasteiger partial charge on any atom is 0.126 e. The molecule has 0 amide bonds. The Labute approximate surface area is 91.0 Å². The number of halogens is 1. The van der Waals surface area contributed by atoms with Crippen LogP contribution in [0.5, 0.6) is 0 Å². The molecule has 1 heterocycles. The zero-order chi connectivity index (χ0) is 9.10. The second-order valence-electron chi connectivity index (χ2n) is 2.58. The second-order valence-corrected chi connectivity index (χ2v) is 5.54. The largest absolute Gasteiger partial charge is 0.267 e. The lowest BCUT2D eigenvalue weighted by Crippen LogP contribution is -1.99. The summed E-state index contributed by atoms with van der Waals surface area (Å²) in [5, 5.41) is 1.95. The van der Waals surface area contributed by atoms with Gasteiger partial charge in [0.15, 0.2) is 0 Å². The van der Waals surface area contributed by atoms with Crippen molar-refractivity contribution in [2.45, 2.75) is 6.54 Å². The molecule has 1 aromatic rings. The number of nitrogens with zero attached hydrogens (tertiary/aromatic N) is 1. The van der Waals surface area contributed by atoms with Gasteiger partial charge in [-0.05, 0) is 11.6 Å². The predicted molar refractivity (Wildman–Crippen MR) is 62.6 cm³/mol. The highest BCUT2D eigenvalue weighted by Gasteiger charge is 2.11. The standard InChI is InChI=1S/C9H8ClNS2/c10-8-4-2-1-3-7(8)5-11-9-12-6-13-9/h1-4H,5-6H2. The molecule has 13 heavy (non-hydrogen) atoms. The average Bonchev–Trinajstić information content (AvgIpc) is 2.05. The molecule has 1 aromatic carbocycles. The fourth-order valence-electron chi connectivity index (χ4n) is 0.979. The molecule has 1 aliphatic rings. The summed E-state index contributed by atoms with van der Waals surface area (Å²) in [6, 6.07) is 7.84. The van der Waals surface area contributed by atoms with Crippen LogP contribution in [0.1, 0.15) is 5.56 Å². The Morgan fingerprint density at radius 1 is 1.31 bits per heavy atom. The lowest BCUT2D eigenvalue weighted by molar-refractivity contribution is 1.08. The Bertz CT molecular complexity index is 332. The molecule has 68 valence electrons. The quantitative estimate of drug-likeness (QED) is 0.768. The predicted octanol–water partition coefficient (Wildman–Crippen LogP) is 3.63. The van der Waals surface area contributed by atoms with Gasteiger partial charge < -0.3 is 0 Å². The zero-order valence-corrected chi connectivity index (χ0v) is 9.25. The molecule has 0 unspecified atom stereocenters. The Kier molecular flexibility index (Phi) is 3.19. The Morgan fingerprint density at radius 2 is 2.08 bits per heavy atom. The number of thioether (sulfide) groups is 2. The number of benzene rings is 1. The fourth-order valence-corrected chi connectivity index (χ4v) is 2.38. The molecular weight excluding hydrogens is 222 g/mol. The van der Waals surface area contributed by atoms with Crippen LogP contribution in [-0.2, 0) is 6.54 Å². The monoisotopic (exact) mass is 229 g/mol. The molecule has 0 aromatic heterocycles. The van der Waals surface area contributed by atoms with Gasteiger partial charge in [-0.25, -0.2) is 0 Å². The number of hydrogen-bond donors (Lipinski definition) is 0. The van der Waals surface area contributed by atoms with Crippen molar-refractivity contribution in [1.29, 1.82) is 0 Å². The van der Waals surface area contributed by atoms with E-state index in [9.17, 15) is 0 Å². The molecular formula is C9H8ClNS2. The van der Waals surface area contributed by atoms with Crippen LogP contribution in [-0.4, -0.2) is 9.46 Å². The van der Waals surface area contributed by atoms with E-state index in [1.54, 1.807) is 23.5 Å². The topological polar surface area (TPSA) is 12.4 Å². The van der Waals surface area contributed by atoms with E-state index in [2.05, 4.69) is 4.99 Å². The van der Waals surface area contributed by atoms with Gasteiger partial charge in [0.25, 0.3) is 0 Å². The minimum atomic E-state index is 0.703. The summed E-state index contributed by atoms with van der Waals surface area (Å²) >= 11 is 9.59. The first-order chi connectivity index (χ1) is 6.36. The van der Waals surface area contributed by atoms with Gasteiger partial charge in [0.05, 0.1) is 11.6 Å². The molecule has 0 saturated carbocycles. The van der Waals surface area contributed by atoms with Crippen molar-refractivity contribution in [2.24, 2.45) is 4.99 Å². The summed E-state index contributed by atoms with van der Waals surface area (Å²) in [6.07, 6.45) is 0. The molecule has 2 rings (SSSR count). The van der Waals surface area contributed by atoms with E-state index in [-0.39, 0.29) is 0 Å². The molecule has 4 heteroatoms. The molecule has 1 aliphatic heterocycles. The van der Waals surface area contributed by atoms with Crippen molar-refractivity contribution in [3.63, 3.8) is 0 Å². The number of rotatable bonds is 2. The van der Waals surface area contributed by atoms with Crippen LogP contribution < -0.4 is 0 Å². The third-order valence-corrected chi connectivity index (χ3v) is 4.47. The van der Waals surface area contributed by atoms with E-state index in [1.807, 2.05) is 24.3 Å². The minimum Gasteiger partial charge on any atom is -0.267 e. The summed E-state index contributed by atoms with van der Waals surface area (Å²) in [5.74, 6) is 0. The van der Waals surface area contributed by atoms with Crippen molar-refractivity contribution in [2.75, 3.05) is 5.08 Å². The second kappa shape index (κ2) is 4.40. The number of hydrogen-bond acceptors (Lipinski definition) is 3. The van der Waals surface area contributed by atoms with Crippen molar-refractivity contribution in [3.05, 3.63) is 34.9 Å². The first kappa shape index (κ1) is 9.44. The molecule has 0 bridgehead atoms. The third-order valence-electron chi connectivity index (χ3n) is 1.70. The van der Waals surface area contributed by atoms with Crippen LogP contribution >= 0.6 is 35.1 Å². The maximum atomic E-state index is 5.99. The van der Waals surface area contributed by atoms with Crippen LogP contribution in [0.4, 0.5) is 0 Å². The molecule has 0 atom stereocenters. The van der Waals surface area contributed by atoms with Gasteiger partial charge in [0.2, 0.25) is 0 Å². The lowest BCUT2D eigenvalue weighted by atomic mass is 10.2. The first-order valence-corrected chi connectivity index (χ1v) is 6.24. The maximum absolute atomic E-state index is 5.99. The lowest BCUT2D eigenvalue weighted by Gasteiger charge is -2.12. The highest BCUT2D eigenvalue weighted by atomic mass is 35.5. The summed E-state index contributed by atoms with van der Waals surface area (Å²) < 4.78 is 1.18. The Balaban J connectivity index is 2.05.